The lowest BCUT2D eigenvalue weighted by atomic mass is 9.90. The maximum atomic E-state index is 11.2. The van der Waals surface area contributed by atoms with Crippen LogP contribution in [0.25, 0.3) is 0 Å². The van der Waals surface area contributed by atoms with Gasteiger partial charge in [0.2, 0.25) is 5.91 Å². The average molecular weight is 280 g/mol. The summed E-state index contributed by atoms with van der Waals surface area (Å²) in [6.07, 6.45) is 2.02. The first-order valence-corrected chi connectivity index (χ1v) is 7.65. The molecular formula is C14H20N2O2S. The minimum absolute atomic E-state index is 0.0158. The molecule has 2 aliphatic rings. The number of amides is 1. The monoisotopic (exact) mass is 280 g/mol. The van der Waals surface area contributed by atoms with Crippen LogP contribution in [-0.2, 0) is 16.1 Å². The van der Waals surface area contributed by atoms with Gasteiger partial charge >= 0.3 is 0 Å². The van der Waals surface area contributed by atoms with E-state index in [1.54, 1.807) is 0 Å². The lowest BCUT2D eigenvalue weighted by Crippen LogP contribution is -2.57. The van der Waals surface area contributed by atoms with Crippen LogP contribution in [0.1, 0.15) is 22.6 Å². The average Bonchev–Trinajstić information content (AvgIpc) is 2.82. The van der Waals surface area contributed by atoms with Gasteiger partial charge in [0.1, 0.15) is 6.61 Å². The molecule has 0 unspecified atom stereocenters. The first kappa shape index (κ1) is 13.1. The fourth-order valence-corrected chi connectivity index (χ4v) is 3.74. The van der Waals surface area contributed by atoms with Gasteiger partial charge in [-0.05, 0) is 31.9 Å². The van der Waals surface area contributed by atoms with E-state index in [1.165, 1.54) is 9.75 Å². The van der Waals surface area contributed by atoms with E-state index in [0.29, 0.717) is 6.54 Å². The molecule has 104 valence electrons. The van der Waals surface area contributed by atoms with Crippen molar-refractivity contribution in [3.05, 3.63) is 21.9 Å². The number of morpholine rings is 1. The Morgan fingerprint density at radius 1 is 1.42 bits per heavy atom. The zero-order valence-corrected chi connectivity index (χ0v) is 12.1. The third kappa shape index (κ3) is 2.99. The number of hydrogen-bond donors (Lipinski definition) is 1. The number of nitrogens with one attached hydrogen (secondary N) is 1. The molecule has 19 heavy (non-hydrogen) atoms. The minimum Gasteiger partial charge on any atom is -0.363 e. The van der Waals surface area contributed by atoms with Gasteiger partial charge in [-0.2, -0.15) is 0 Å². The van der Waals surface area contributed by atoms with Gasteiger partial charge in [-0.25, -0.2) is 0 Å². The highest BCUT2D eigenvalue weighted by atomic mass is 32.1. The molecule has 0 saturated carbocycles. The molecule has 1 amide bonds. The van der Waals surface area contributed by atoms with Crippen molar-refractivity contribution < 1.29 is 9.53 Å². The van der Waals surface area contributed by atoms with Gasteiger partial charge in [0.15, 0.2) is 0 Å². The predicted octanol–water partition coefficient (Wildman–Crippen LogP) is 1.54. The van der Waals surface area contributed by atoms with Crippen molar-refractivity contribution in [1.82, 2.24) is 10.2 Å². The van der Waals surface area contributed by atoms with Crippen molar-refractivity contribution in [2.24, 2.45) is 0 Å². The summed E-state index contributed by atoms with van der Waals surface area (Å²) in [4.78, 5) is 16.4. The van der Waals surface area contributed by atoms with E-state index in [0.717, 1.165) is 32.5 Å². The molecule has 0 aliphatic carbocycles. The minimum atomic E-state index is -0.101. The van der Waals surface area contributed by atoms with E-state index >= 15 is 0 Å². The van der Waals surface area contributed by atoms with Gasteiger partial charge < -0.3 is 10.1 Å². The molecule has 1 N–H and O–H groups in total. The van der Waals surface area contributed by atoms with E-state index in [-0.39, 0.29) is 18.1 Å². The lowest BCUT2D eigenvalue weighted by molar-refractivity contribution is -0.150. The molecule has 1 aromatic rings. The summed E-state index contributed by atoms with van der Waals surface area (Å²) in [5.41, 5.74) is -0.101. The molecule has 1 aromatic heterocycles. The second-order valence-corrected chi connectivity index (χ2v) is 6.91. The Balaban J connectivity index is 1.53. The van der Waals surface area contributed by atoms with Crippen LogP contribution in [0.2, 0.25) is 0 Å². The number of likely N-dealkylation sites (tertiary alicyclic amines) is 1. The van der Waals surface area contributed by atoms with Crippen molar-refractivity contribution >= 4 is 17.2 Å². The van der Waals surface area contributed by atoms with Crippen molar-refractivity contribution in [2.45, 2.75) is 31.9 Å². The highest BCUT2D eigenvalue weighted by Crippen LogP contribution is 2.29. The molecule has 0 atom stereocenters. The molecular weight excluding hydrogens is 260 g/mol. The second kappa shape index (κ2) is 5.23. The Morgan fingerprint density at radius 3 is 2.79 bits per heavy atom. The SMILES string of the molecule is Cc1ccc(CN2CCC3(CC2)CNC(=O)CO3)s1. The summed E-state index contributed by atoms with van der Waals surface area (Å²) in [6, 6.07) is 4.41. The molecule has 2 aliphatic heterocycles. The number of ether oxygens (including phenoxy) is 1. The normalized spacial score (nSPS) is 23.5. The quantitative estimate of drug-likeness (QED) is 0.893. The van der Waals surface area contributed by atoms with Gasteiger partial charge in [-0.3, -0.25) is 9.69 Å². The van der Waals surface area contributed by atoms with Gasteiger partial charge in [-0.15, -0.1) is 11.3 Å². The Hall–Kier alpha value is -0.910. The fourth-order valence-electron chi connectivity index (χ4n) is 2.81. The van der Waals surface area contributed by atoms with Crippen molar-refractivity contribution in [3.8, 4) is 0 Å². The first-order chi connectivity index (χ1) is 9.15. The third-order valence-electron chi connectivity index (χ3n) is 4.06. The summed E-state index contributed by atoms with van der Waals surface area (Å²) >= 11 is 1.88. The Morgan fingerprint density at radius 2 is 2.21 bits per heavy atom. The largest absolute Gasteiger partial charge is 0.363 e. The highest BCUT2D eigenvalue weighted by Gasteiger charge is 2.38. The van der Waals surface area contributed by atoms with Crippen LogP contribution in [0.3, 0.4) is 0 Å². The van der Waals surface area contributed by atoms with Crippen LogP contribution >= 0.6 is 11.3 Å². The Kier molecular flexibility index (Phi) is 3.60. The second-order valence-electron chi connectivity index (χ2n) is 5.54. The van der Waals surface area contributed by atoms with Crippen LogP contribution in [0.15, 0.2) is 12.1 Å². The Bertz CT molecular complexity index is 452. The molecule has 5 heteroatoms. The van der Waals surface area contributed by atoms with Crippen molar-refractivity contribution in [3.63, 3.8) is 0 Å². The molecule has 1 spiro atoms. The van der Waals surface area contributed by atoms with Crippen LogP contribution < -0.4 is 5.32 Å². The van der Waals surface area contributed by atoms with Gasteiger partial charge in [0.25, 0.3) is 0 Å². The van der Waals surface area contributed by atoms with Crippen LogP contribution in [0.4, 0.5) is 0 Å². The van der Waals surface area contributed by atoms with Gasteiger partial charge in [0, 0.05) is 35.9 Å². The van der Waals surface area contributed by atoms with Gasteiger partial charge in [0.05, 0.1) is 5.60 Å². The summed E-state index contributed by atoms with van der Waals surface area (Å²) in [7, 11) is 0. The van der Waals surface area contributed by atoms with Crippen LogP contribution in [0, 0.1) is 6.92 Å². The van der Waals surface area contributed by atoms with E-state index < -0.39 is 0 Å². The Labute approximate surface area is 117 Å². The van der Waals surface area contributed by atoms with E-state index in [1.807, 2.05) is 11.3 Å². The topological polar surface area (TPSA) is 41.6 Å². The molecule has 3 rings (SSSR count). The summed E-state index contributed by atoms with van der Waals surface area (Å²) in [6.45, 7) is 6.19. The number of nitrogens with zero attached hydrogens (tertiary/aromatic N) is 1. The number of rotatable bonds is 2. The molecule has 0 aromatic carbocycles. The smallest absolute Gasteiger partial charge is 0.246 e. The number of aryl methyl sites for hydroxylation is 1. The maximum Gasteiger partial charge on any atom is 0.246 e. The zero-order chi connectivity index (χ0) is 13.3. The summed E-state index contributed by atoms with van der Waals surface area (Å²) in [5.74, 6) is 0.0158. The highest BCUT2D eigenvalue weighted by molar-refractivity contribution is 7.11. The van der Waals surface area contributed by atoms with E-state index in [4.69, 9.17) is 4.74 Å². The molecule has 2 saturated heterocycles. The van der Waals surface area contributed by atoms with E-state index in [2.05, 4.69) is 29.3 Å². The zero-order valence-electron chi connectivity index (χ0n) is 11.3. The number of carbonyl (C=O) groups is 1. The molecule has 0 radical (unpaired) electrons. The maximum absolute atomic E-state index is 11.2. The third-order valence-corrected chi connectivity index (χ3v) is 5.05. The number of piperidine rings is 1. The van der Waals surface area contributed by atoms with Crippen molar-refractivity contribution in [2.75, 3.05) is 26.2 Å². The first-order valence-electron chi connectivity index (χ1n) is 6.84. The van der Waals surface area contributed by atoms with Crippen LogP contribution in [-0.4, -0.2) is 42.6 Å². The molecule has 3 heterocycles. The summed E-state index contributed by atoms with van der Waals surface area (Å²) < 4.78 is 5.79. The fraction of sp³-hybridized carbons (Fsp3) is 0.643. The van der Waals surface area contributed by atoms with E-state index in [9.17, 15) is 4.79 Å². The summed E-state index contributed by atoms with van der Waals surface area (Å²) in [5, 5.41) is 2.93. The number of thiophene rings is 1. The standard InChI is InChI=1S/C14H20N2O2S/c1-11-2-3-12(19-11)8-16-6-4-14(5-7-16)10-15-13(17)9-18-14/h2-3H,4-10H2,1H3,(H,15,17). The predicted molar refractivity (Wildman–Crippen MR) is 75.3 cm³/mol. The molecule has 2 fully saturated rings. The van der Waals surface area contributed by atoms with Gasteiger partial charge in [-0.1, -0.05) is 0 Å². The molecule has 0 bridgehead atoms. The number of hydrogen-bond acceptors (Lipinski definition) is 4. The lowest BCUT2D eigenvalue weighted by Gasteiger charge is -2.43. The van der Waals surface area contributed by atoms with Crippen LogP contribution in [0.5, 0.6) is 0 Å². The molecule has 4 nitrogen and oxygen atoms in total. The number of carbonyl (C=O) groups excluding carboxylic acids is 1. The van der Waals surface area contributed by atoms with Crippen molar-refractivity contribution in [1.29, 1.82) is 0 Å².